The number of ether oxygens (including phenoxy) is 2. The highest BCUT2D eigenvalue weighted by Gasteiger charge is 2.18. The van der Waals surface area contributed by atoms with E-state index in [1.807, 2.05) is 25.1 Å². The van der Waals surface area contributed by atoms with E-state index in [1.54, 1.807) is 11.3 Å². The minimum Gasteiger partial charge on any atom is -0.482 e. The van der Waals surface area contributed by atoms with Crippen LogP contribution in [0.15, 0.2) is 46.8 Å². The standard InChI is InChI=1S/C25H27N3O4S/c1-4-31-24(30)6-5-9-28-21(18-7-8-22-20(13-18)27-23(29)14-32-22)15-33-25(28)26-19-11-16(2)10-17(3)12-19/h7-8,10-13,15H,4-6,9,14H2,1-3H3,(H,27,29). The first-order valence-corrected chi connectivity index (χ1v) is 11.8. The maximum absolute atomic E-state index is 11.9. The Morgan fingerprint density at radius 2 is 2.00 bits per heavy atom. The second-order valence-electron chi connectivity index (χ2n) is 7.97. The molecular formula is C25H27N3O4S. The second kappa shape index (κ2) is 10.0. The van der Waals surface area contributed by atoms with E-state index in [9.17, 15) is 9.59 Å². The molecule has 0 saturated carbocycles. The fraction of sp³-hybridized carbons (Fsp3) is 0.320. The lowest BCUT2D eigenvalue weighted by atomic mass is 10.1. The second-order valence-corrected chi connectivity index (χ2v) is 8.81. The summed E-state index contributed by atoms with van der Waals surface area (Å²) in [5, 5.41) is 4.92. The normalized spacial score (nSPS) is 13.3. The average molecular weight is 466 g/mol. The number of nitrogens with one attached hydrogen (secondary N) is 1. The Balaban J connectivity index is 1.72. The zero-order valence-corrected chi connectivity index (χ0v) is 19.8. The molecule has 0 fully saturated rings. The van der Waals surface area contributed by atoms with Crippen LogP contribution in [0.3, 0.4) is 0 Å². The molecule has 0 bridgehead atoms. The van der Waals surface area contributed by atoms with Gasteiger partial charge in [0.25, 0.3) is 5.91 Å². The zero-order valence-electron chi connectivity index (χ0n) is 19.0. The Morgan fingerprint density at radius 3 is 2.76 bits per heavy atom. The van der Waals surface area contributed by atoms with Crippen molar-refractivity contribution in [3.8, 4) is 17.0 Å². The number of aryl methyl sites for hydroxylation is 2. The molecule has 2 heterocycles. The minimum atomic E-state index is -0.198. The summed E-state index contributed by atoms with van der Waals surface area (Å²) in [6.45, 7) is 6.94. The molecule has 1 N–H and O–H groups in total. The molecule has 8 heteroatoms. The van der Waals surface area contributed by atoms with Crippen LogP contribution in [0.2, 0.25) is 0 Å². The van der Waals surface area contributed by atoms with Gasteiger partial charge in [0.1, 0.15) is 5.75 Å². The summed E-state index contributed by atoms with van der Waals surface area (Å²) >= 11 is 1.55. The van der Waals surface area contributed by atoms with Gasteiger partial charge in [0.15, 0.2) is 11.4 Å². The van der Waals surface area contributed by atoms with Gasteiger partial charge in [-0.25, -0.2) is 4.99 Å². The number of esters is 1. The molecule has 0 aliphatic carbocycles. The van der Waals surface area contributed by atoms with Crippen molar-refractivity contribution in [1.82, 2.24) is 4.57 Å². The van der Waals surface area contributed by atoms with Crippen LogP contribution < -0.4 is 14.9 Å². The molecular weight excluding hydrogens is 438 g/mol. The molecule has 0 radical (unpaired) electrons. The maximum atomic E-state index is 11.9. The summed E-state index contributed by atoms with van der Waals surface area (Å²) in [4.78, 5) is 29.4. The molecule has 0 saturated heterocycles. The number of amides is 1. The van der Waals surface area contributed by atoms with Crippen molar-refractivity contribution in [2.75, 3.05) is 18.5 Å². The molecule has 7 nitrogen and oxygen atoms in total. The highest BCUT2D eigenvalue weighted by Crippen LogP contribution is 2.33. The van der Waals surface area contributed by atoms with E-state index in [0.717, 1.165) is 32.9 Å². The molecule has 4 rings (SSSR count). The van der Waals surface area contributed by atoms with Crippen LogP contribution in [0, 0.1) is 13.8 Å². The van der Waals surface area contributed by atoms with Gasteiger partial charge in [-0.2, -0.15) is 0 Å². The van der Waals surface area contributed by atoms with Gasteiger partial charge in [-0.1, -0.05) is 6.07 Å². The van der Waals surface area contributed by atoms with Gasteiger partial charge in [-0.15, -0.1) is 11.3 Å². The summed E-state index contributed by atoms with van der Waals surface area (Å²) in [5.74, 6) is 0.289. The van der Waals surface area contributed by atoms with Gasteiger partial charge in [0, 0.05) is 23.9 Å². The van der Waals surface area contributed by atoms with Crippen LogP contribution in [-0.2, 0) is 20.9 Å². The molecule has 1 aliphatic rings. The maximum Gasteiger partial charge on any atom is 0.305 e. The SMILES string of the molecule is CCOC(=O)CCCn1c(-c2ccc3c(c2)NC(=O)CO3)csc1=Nc1cc(C)cc(C)c1. The first-order valence-electron chi connectivity index (χ1n) is 11.0. The third-order valence-electron chi connectivity index (χ3n) is 5.20. The minimum absolute atomic E-state index is 0.0254. The van der Waals surface area contributed by atoms with Crippen LogP contribution in [0.1, 0.15) is 30.9 Å². The van der Waals surface area contributed by atoms with E-state index < -0.39 is 0 Å². The van der Waals surface area contributed by atoms with E-state index in [2.05, 4.69) is 47.3 Å². The van der Waals surface area contributed by atoms with Crippen molar-refractivity contribution < 1.29 is 19.1 Å². The van der Waals surface area contributed by atoms with Gasteiger partial charge in [-0.05, 0) is 68.7 Å². The molecule has 33 heavy (non-hydrogen) atoms. The van der Waals surface area contributed by atoms with Gasteiger partial charge in [0.05, 0.1) is 23.7 Å². The van der Waals surface area contributed by atoms with Gasteiger partial charge < -0.3 is 19.4 Å². The third-order valence-corrected chi connectivity index (χ3v) is 6.07. The number of rotatable bonds is 7. The number of thiazole rings is 1. The highest BCUT2D eigenvalue weighted by atomic mass is 32.1. The number of anilines is 1. The lowest BCUT2D eigenvalue weighted by molar-refractivity contribution is -0.143. The van der Waals surface area contributed by atoms with Crippen molar-refractivity contribution in [2.45, 2.75) is 40.2 Å². The molecule has 3 aromatic rings. The van der Waals surface area contributed by atoms with Gasteiger partial charge in [-0.3, -0.25) is 9.59 Å². The third kappa shape index (κ3) is 5.51. The summed E-state index contributed by atoms with van der Waals surface area (Å²) in [5.41, 5.74) is 5.77. The number of carbonyl (C=O) groups excluding carboxylic acids is 2. The Labute approximate surface area is 196 Å². The first kappa shape index (κ1) is 22.8. The van der Waals surface area contributed by atoms with Crippen molar-refractivity contribution >= 4 is 34.6 Å². The molecule has 0 spiro atoms. The van der Waals surface area contributed by atoms with Crippen molar-refractivity contribution in [3.05, 3.63) is 57.7 Å². The molecule has 0 unspecified atom stereocenters. The molecule has 0 atom stereocenters. The zero-order chi connectivity index (χ0) is 23.4. The fourth-order valence-corrected chi connectivity index (χ4v) is 4.80. The first-order chi connectivity index (χ1) is 15.9. The largest absolute Gasteiger partial charge is 0.482 e. The van der Waals surface area contributed by atoms with Gasteiger partial charge in [0.2, 0.25) is 0 Å². The average Bonchev–Trinajstić information content (AvgIpc) is 3.15. The van der Waals surface area contributed by atoms with E-state index in [1.165, 1.54) is 0 Å². The van der Waals surface area contributed by atoms with E-state index >= 15 is 0 Å². The van der Waals surface area contributed by atoms with Gasteiger partial charge >= 0.3 is 5.97 Å². The summed E-state index contributed by atoms with van der Waals surface area (Å²) in [7, 11) is 0. The Hall–Kier alpha value is -3.39. The smallest absolute Gasteiger partial charge is 0.305 e. The Kier molecular flexibility index (Phi) is 6.93. The van der Waals surface area contributed by atoms with E-state index in [-0.39, 0.29) is 18.5 Å². The topological polar surface area (TPSA) is 81.9 Å². The molecule has 2 aromatic carbocycles. The van der Waals surface area contributed by atoms with Crippen molar-refractivity contribution in [1.29, 1.82) is 0 Å². The fourth-order valence-electron chi connectivity index (χ4n) is 3.85. The molecule has 1 aromatic heterocycles. The summed E-state index contributed by atoms with van der Waals surface area (Å²) < 4.78 is 12.7. The summed E-state index contributed by atoms with van der Waals surface area (Å²) in [6, 6.07) is 12.0. The number of benzene rings is 2. The number of aromatic nitrogens is 1. The van der Waals surface area contributed by atoms with Crippen LogP contribution >= 0.6 is 11.3 Å². The van der Waals surface area contributed by atoms with Crippen LogP contribution in [0.4, 0.5) is 11.4 Å². The molecule has 172 valence electrons. The number of carbonyl (C=O) groups is 2. The number of hydrogen-bond acceptors (Lipinski definition) is 6. The predicted molar refractivity (Wildman–Crippen MR) is 129 cm³/mol. The van der Waals surface area contributed by atoms with Crippen LogP contribution in [0.5, 0.6) is 5.75 Å². The van der Waals surface area contributed by atoms with Crippen LogP contribution in [0.25, 0.3) is 11.3 Å². The highest BCUT2D eigenvalue weighted by molar-refractivity contribution is 7.07. The lowest BCUT2D eigenvalue weighted by Gasteiger charge is -2.19. The van der Waals surface area contributed by atoms with E-state index in [4.69, 9.17) is 14.5 Å². The number of fused-ring (bicyclic) bond motifs is 1. The summed E-state index contributed by atoms with van der Waals surface area (Å²) in [6.07, 6.45) is 0.973. The van der Waals surface area contributed by atoms with E-state index in [0.29, 0.717) is 37.4 Å². The monoisotopic (exact) mass is 465 g/mol. The van der Waals surface area contributed by atoms with Crippen LogP contribution in [-0.4, -0.2) is 29.7 Å². The Bertz CT molecular complexity index is 1240. The quantitative estimate of drug-likeness (QED) is 0.511. The predicted octanol–water partition coefficient (Wildman–Crippen LogP) is 4.74. The lowest BCUT2D eigenvalue weighted by Crippen LogP contribution is -2.25. The Morgan fingerprint density at radius 1 is 1.21 bits per heavy atom. The number of hydrogen-bond donors (Lipinski definition) is 1. The molecule has 1 aliphatic heterocycles. The van der Waals surface area contributed by atoms with Crippen molar-refractivity contribution in [2.24, 2.45) is 4.99 Å². The van der Waals surface area contributed by atoms with Crippen molar-refractivity contribution in [3.63, 3.8) is 0 Å². The number of nitrogens with zero attached hydrogens (tertiary/aromatic N) is 2. The molecule has 1 amide bonds.